The molecule has 0 saturated carbocycles. The summed E-state index contributed by atoms with van der Waals surface area (Å²) in [5.41, 5.74) is 0.550. The normalized spacial score (nSPS) is 11.8. The highest BCUT2D eigenvalue weighted by Gasteiger charge is 2.21. The molecule has 2 aromatic rings. The van der Waals surface area contributed by atoms with Gasteiger partial charge in [-0.3, -0.25) is 4.57 Å². The van der Waals surface area contributed by atoms with Gasteiger partial charge < -0.3 is 0 Å². The van der Waals surface area contributed by atoms with Crippen LogP contribution in [0.15, 0.2) is 23.4 Å². The molecule has 0 radical (unpaired) electrons. The second-order valence-electron chi connectivity index (χ2n) is 3.46. The van der Waals surface area contributed by atoms with Gasteiger partial charge in [0.15, 0.2) is 5.82 Å². The summed E-state index contributed by atoms with van der Waals surface area (Å²) in [5, 5.41) is 7.78. The highest BCUT2D eigenvalue weighted by molar-refractivity contribution is 8.13. The lowest BCUT2D eigenvalue weighted by molar-refractivity contribution is 0.593. The first kappa shape index (κ1) is 13.6. The number of halogens is 3. The SMILES string of the molecule is Cn1c(-c2cc(Cl)cc(Cl)c2)nnc1S(=O)(=O)Cl. The van der Waals surface area contributed by atoms with E-state index in [9.17, 15) is 8.42 Å². The van der Waals surface area contributed by atoms with E-state index in [1.807, 2.05) is 0 Å². The van der Waals surface area contributed by atoms with E-state index in [0.717, 1.165) is 0 Å². The maximum Gasteiger partial charge on any atom is 0.296 e. The van der Waals surface area contributed by atoms with Crippen molar-refractivity contribution in [3.63, 3.8) is 0 Å². The summed E-state index contributed by atoms with van der Waals surface area (Å²) >= 11 is 11.7. The van der Waals surface area contributed by atoms with Crippen LogP contribution in [0, 0.1) is 0 Å². The molecular formula is C9H6Cl3N3O2S. The smallest absolute Gasteiger partial charge is 0.296 e. The van der Waals surface area contributed by atoms with Crippen LogP contribution in [0.25, 0.3) is 11.4 Å². The number of nitrogens with zero attached hydrogens (tertiary/aromatic N) is 3. The van der Waals surface area contributed by atoms with Gasteiger partial charge in [0.05, 0.1) is 0 Å². The average Bonchev–Trinajstić information content (AvgIpc) is 2.57. The third-order valence-electron chi connectivity index (χ3n) is 2.17. The molecule has 0 amide bonds. The monoisotopic (exact) mass is 325 g/mol. The summed E-state index contributed by atoms with van der Waals surface area (Å²) in [7, 11) is 2.76. The van der Waals surface area contributed by atoms with Crippen LogP contribution < -0.4 is 0 Å². The minimum absolute atomic E-state index is 0.304. The predicted octanol–water partition coefficient (Wildman–Crippen LogP) is 2.72. The lowest BCUT2D eigenvalue weighted by atomic mass is 10.2. The molecule has 0 aliphatic carbocycles. The second kappa shape index (κ2) is 4.70. The zero-order valence-electron chi connectivity index (χ0n) is 8.93. The Balaban J connectivity index is 2.63. The molecule has 0 aliphatic rings. The van der Waals surface area contributed by atoms with Gasteiger partial charge in [-0.1, -0.05) is 23.2 Å². The van der Waals surface area contributed by atoms with Crippen molar-refractivity contribution < 1.29 is 8.42 Å². The molecule has 0 aliphatic heterocycles. The summed E-state index contributed by atoms with van der Waals surface area (Å²) in [5.74, 6) is 0.304. The Labute approximate surface area is 118 Å². The van der Waals surface area contributed by atoms with Crippen LogP contribution in [0.4, 0.5) is 0 Å². The van der Waals surface area contributed by atoms with Crippen LogP contribution in [-0.2, 0) is 16.1 Å². The molecule has 0 N–H and O–H groups in total. The molecule has 0 unspecified atom stereocenters. The van der Waals surface area contributed by atoms with E-state index in [1.165, 1.54) is 11.6 Å². The van der Waals surface area contributed by atoms with E-state index in [0.29, 0.717) is 21.4 Å². The van der Waals surface area contributed by atoms with Gasteiger partial charge in [0, 0.05) is 33.3 Å². The Kier molecular flexibility index (Phi) is 3.55. The first-order chi connectivity index (χ1) is 8.29. The van der Waals surface area contributed by atoms with E-state index < -0.39 is 9.05 Å². The Bertz CT molecular complexity index is 692. The predicted molar refractivity (Wildman–Crippen MR) is 69.5 cm³/mol. The van der Waals surface area contributed by atoms with Crippen molar-refractivity contribution in [2.24, 2.45) is 7.05 Å². The van der Waals surface area contributed by atoms with E-state index >= 15 is 0 Å². The number of hydrogen-bond acceptors (Lipinski definition) is 4. The van der Waals surface area contributed by atoms with Crippen molar-refractivity contribution in [1.29, 1.82) is 0 Å². The fourth-order valence-electron chi connectivity index (χ4n) is 1.46. The molecule has 1 aromatic carbocycles. The van der Waals surface area contributed by atoms with Crippen molar-refractivity contribution in [2.75, 3.05) is 0 Å². The van der Waals surface area contributed by atoms with Gasteiger partial charge in [-0.05, 0) is 18.2 Å². The molecule has 18 heavy (non-hydrogen) atoms. The number of rotatable bonds is 2. The van der Waals surface area contributed by atoms with Gasteiger partial charge in [0.1, 0.15) is 0 Å². The minimum atomic E-state index is -3.95. The molecule has 1 aromatic heterocycles. The van der Waals surface area contributed by atoms with Crippen molar-refractivity contribution in [3.05, 3.63) is 28.2 Å². The van der Waals surface area contributed by atoms with Gasteiger partial charge >= 0.3 is 0 Å². The minimum Gasteiger partial charge on any atom is -0.300 e. The lowest BCUT2D eigenvalue weighted by Crippen LogP contribution is -2.02. The van der Waals surface area contributed by atoms with Gasteiger partial charge in [-0.25, -0.2) is 8.42 Å². The quantitative estimate of drug-likeness (QED) is 0.796. The van der Waals surface area contributed by atoms with Gasteiger partial charge in [0.25, 0.3) is 14.2 Å². The summed E-state index contributed by atoms with van der Waals surface area (Å²) in [4.78, 5) is 0. The van der Waals surface area contributed by atoms with Gasteiger partial charge in [-0.15, -0.1) is 10.2 Å². The van der Waals surface area contributed by atoms with Crippen molar-refractivity contribution in [1.82, 2.24) is 14.8 Å². The maximum atomic E-state index is 11.2. The molecule has 0 fully saturated rings. The van der Waals surface area contributed by atoms with Crippen LogP contribution in [0.2, 0.25) is 10.0 Å². The van der Waals surface area contributed by atoms with Crippen LogP contribution in [0.1, 0.15) is 0 Å². The molecule has 0 spiro atoms. The van der Waals surface area contributed by atoms with Gasteiger partial charge in [-0.2, -0.15) is 0 Å². The third kappa shape index (κ3) is 2.61. The Morgan fingerprint density at radius 3 is 2.11 bits per heavy atom. The average molecular weight is 327 g/mol. The molecule has 0 saturated heterocycles. The van der Waals surface area contributed by atoms with Crippen molar-refractivity contribution in [2.45, 2.75) is 5.16 Å². The molecule has 5 nitrogen and oxygen atoms in total. The molecule has 0 atom stereocenters. The molecule has 1 heterocycles. The van der Waals surface area contributed by atoms with Crippen molar-refractivity contribution in [3.8, 4) is 11.4 Å². The third-order valence-corrected chi connectivity index (χ3v) is 3.82. The van der Waals surface area contributed by atoms with Crippen LogP contribution in [-0.4, -0.2) is 23.2 Å². The fourth-order valence-corrected chi connectivity index (χ4v) is 2.94. The summed E-state index contributed by atoms with van der Waals surface area (Å²) in [6.45, 7) is 0. The highest BCUT2D eigenvalue weighted by atomic mass is 35.7. The Hall–Kier alpha value is -0.820. The molecular weight excluding hydrogens is 321 g/mol. The highest BCUT2D eigenvalue weighted by Crippen LogP contribution is 2.27. The standard InChI is InChI=1S/C9H6Cl3N3O2S/c1-15-8(13-14-9(15)18(12,16)17)5-2-6(10)4-7(11)3-5/h2-4H,1H3. The summed E-state index contributed by atoms with van der Waals surface area (Å²) in [6, 6.07) is 4.76. The Morgan fingerprint density at radius 1 is 1.11 bits per heavy atom. The summed E-state index contributed by atoms with van der Waals surface area (Å²) in [6.07, 6.45) is 0. The summed E-state index contributed by atoms with van der Waals surface area (Å²) < 4.78 is 23.7. The maximum absolute atomic E-state index is 11.2. The lowest BCUT2D eigenvalue weighted by Gasteiger charge is -2.03. The van der Waals surface area contributed by atoms with E-state index in [1.54, 1.807) is 18.2 Å². The fraction of sp³-hybridized carbons (Fsp3) is 0.111. The molecule has 0 bridgehead atoms. The van der Waals surface area contributed by atoms with E-state index in [4.69, 9.17) is 33.9 Å². The van der Waals surface area contributed by atoms with Gasteiger partial charge in [0.2, 0.25) is 0 Å². The molecule has 2 rings (SSSR count). The van der Waals surface area contributed by atoms with Crippen LogP contribution >= 0.6 is 33.9 Å². The zero-order chi connectivity index (χ0) is 13.5. The first-order valence-corrected chi connectivity index (χ1v) is 7.66. The second-order valence-corrected chi connectivity index (χ2v) is 6.79. The van der Waals surface area contributed by atoms with Crippen LogP contribution in [0.5, 0.6) is 0 Å². The number of aromatic nitrogens is 3. The van der Waals surface area contributed by atoms with E-state index in [2.05, 4.69) is 10.2 Å². The molecule has 96 valence electrons. The largest absolute Gasteiger partial charge is 0.300 e. The number of benzene rings is 1. The first-order valence-electron chi connectivity index (χ1n) is 4.59. The van der Waals surface area contributed by atoms with Crippen LogP contribution in [0.3, 0.4) is 0 Å². The Morgan fingerprint density at radius 2 is 1.67 bits per heavy atom. The van der Waals surface area contributed by atoms with Crippen molar-refractivity contribution >= 4 is 42.9 Å². The zero-order valence-corrected chi connectivity index (χ0v) is 12.0. The van der Waals surface area contributed by atoms with E-state index in [-0.39, 0.29) is 5.16 Å². The molecule has 9 heteroatoms. The topological polar surface area (TPSA) is 64.8 Å². The number of hydrogen-bond donors (Lipinski definition) is 0.